The van der Waals surface area contributed by atoms with Crippen LogP contribution in [0.1, 0.15) is 6.92 Å². The normalized spacial score (nSPS) is 15.4. The van der Waals surface area contributed by atoms with Crippen LogP contribution in [0.3, 0.4) is 0 Å². The monoisotopic (exact) mass is 153 g/mol. The lowest BCUT2D eigenvalue weighted by molar-refractivity contribution is 0.136. The molecule has 0 bridgehead atoms. The molecule has 0 unspecified atom stereocenters. The highest BCUT2D eigenvalue weighted by Crippen LogP contribution is 1.89. The minimum absolute atomic E-state index is 0.122. The third kappa shape index (κ3) is 5.75. The molecule has 4 nitrogen and oxygen atoms in total. The largest absolute Gasteiger partial charge is 0.381 e. The van der Waals surface area contributed by atoms with Gasteiger partial charge in [-0.25, -0.2) is 13.6 Å². The van der Waals surface area contributed by atoms with Crippen LogP contribution < -0.4 is 5.14 Å². The summed E-state index contributed by atoms with van der Waals surface area (Å²) in [5.74, 6) is -0.122. The molecule has 0 spiro atoms. The molecular formula is C4H11NO3S. The summed E-state index contributed by atoms with van der Waals surface area (Å²) in [7, 11) is -1.92. The number of primary sulfonamides is 1. The molecule has 0 amide bonds. The molecule has 0 aromatic carbocycles. The Balaban J connectivity index is 3.75. The third-order valence-corrected chi connectivity index (χ3v) is 1.80. The van der Waals surface area contributed by atoms with Gasteiger partial charge in [0.05, 0.1) is 11.9 Å². The topological polar surface area (TPSA) is 69.4 Å². The second-order valence-corrected chi connectivity index (χ2v) is 3.53. The van der Waals surface area contributed by atoms with Crippen LogP contribution in [-0.2, 0) is 14.8 Å². The van der Waals surface area contributed by atoms with E-state index in [1.807, 2.05) is 0 Å². The Kier molecular flexibility index (Phi) is 3.10. The van der Waals surface area contributed by atoms with Crippen LogP contribution in [0.15, 0.2) is 0 Å². The van der Waals surface area contributed by atoms with Gasteiger partial charge in [0.15, 0.2) is 0 Å². The van der Waals surface area contributed by atoms with Crippen molar-refractivity contribution in [2.24, 2.45) is 5.14 Å². The van der Waals surface area contributed by atoms with Crippen LogP contribution >= 0.6 is 0 Å². The maximum Gasteiger partial charge on any atom is 0.211 e. The van der Waals surface area contributed by atoms with Crippen molar-refractivity contribution in [3.8, 4) is 0 Å². The van der Waals surface area contributed by atoms with E-state index in [-0.39, 0.29) is 11.9 Å². The van der Waals surface area contributed by atoms with Gasteiger partial charge in [-0.15, -0.1) is 0 Å². The highest BCUT2D eigenvalue weighted by atomic mass is 32.2. The molecule has 0 aliphatic heterocycles. The van der Waals surface area contributed by atoms with E-state index in [2.05, 4.69) is 4.74 Å². The minimum Gasteiger partial charge on any atom is -0.381 e. The van der Waals surface area contributed by atoms with Gasteiger partial charge in [0.2, 0.25) is 10.0 Å². The highest BCUT2D eigenvalue weighted by Gasteiger charge is 2.08. The summed E-state index contributed by atoms with van der Waals surface area (Å²) in [6.07, 6.45) is -0.319. The number of methoxy groups -OCH3 is 1. The zero-order valence-corrected chi connectivity index (χ0v) is 6.31. The molecule has 0 fully saturated rings. The molecule has 0 aromatic heterocycles. The first kappa shape index (κ1) is 8.87. The fourth-order valence-electron chi connectivity index (χ4n) is 0.395. The molecule has 5 heteroatoms. The Bertz CT molecular complexity index is 163. The Hall–Kier alpha value is -0.130. The Morgan fingerprint density at radius 1 is 1.67 bits per heavy atom. The van der Waals surface area contributed by atoms with Gasteiger partial charge in [-0.05, 0) is 6.92 Å². The van der Waals surface area contributed by atoms with Crippen molar-refractivity contribution in [1.82, 2.24) is 0 Å². The predicted octanol–water partition coefficient (Wildman–Crippen LogP) is -0.690. The van der Waals surface area contributed by atoms with Gasteiger partial charge in [-0.3, -0.25) is 0 Å². The van der Waals surface area contributed by atoms with Gasteiger partial charge in [0, 0.05) is 7.11 Å². The Morgan fingerprint density at radius 2 is 2.11 bits per heavy atom. The Labute approximate surface area is 55.0 Å². The van der Waals surface area contributed by atoms with Gasteiger partial charge in [-0.1, -0.05) is 0 Å². The molecule has 0 saturated carbocycles. The number of rotatable bonds is 3. The number of ether oxygens (including phenoxy) is 1. The van der Waals surface area contributed by atoms with Crippen LogP contribution in [0.4, 0.5) is 0 Å². The molecule has 0 aromatic rings. The first-order valence-electron chi connectivity index (χ1n) is 2.49. The molecule has 0 aliphatic carbocycles. The fraction of sp³-hybridized carbons (Fsp3) is 1.00. The van der Waals surface area contributed by atoms with Crippen molar-refractivity contribution in [3.05, 3.63) is 0 Å². The minimum atomic E-state index is -3.36. The summed E-state index contributed by atoms with van der Waals surface area (Å²) in [5.41, 5.74) is 0. The third-order valence-electron chi connectivity index (χ3n) is 0.869. The molecule has 1 atom stereocenters. The van der Waals surface area contributed by atoms with Crippen LogP contribution in [0.25, 0.3) is 0 Å². The molecule has 0 heterocycles. The maximum atomic E-state index is 10.3. The van der Waals surface area contributed by atoms with Crippen LogP contribution in [-0.4, -0.2) is 27.4 Å². The quantitative estimate of drug-likeness (QED) is 0.583. The standard InChI is InChI=1S/C4H11NO3S/c1-4(8-2)3-9(5,6)7/h4H,3H2,1-2H3,(H2,5,6,7)/t4-/m1/s1. The summed E-state index contributed by atoms with van der Waals surface area (Å²) >= 11 is 0. The van der Waals surface area contributed by atoms with Crippen molar-refractivity contribution in [3.63, 3.8) is 0 Å². The second-order valence-electron chi connectivity index (χ2n) is 1.88. The number of nitrogens with two attached hydrogens (primary N) is 1. The van der Waals surface area contributed by atoms with Crippen molar-refractivity contribution in [2.75, 3.05) is 12.9 Å². The van der Waals surface area contributed by atoms with E-state index in [1.165, 1.54) is 7.11 Å². The lowest BCUT2D eigenvalue weighted by Crippen LogP contribution is -2.25. The SMILES string of the molecule is CO[C@H](C)CS(N)(=O)=O. The van der Waals surface area contributed by atoms with Crippen molar-refractivity contribution >= 4 is 10.0 Å². The summed E-state index contributed by atoms with van der Waals surface area (Å²) < 4.78 is 25.3. The average molecular weight is 153 g/mol. The van der Waals surface area contributed by atoms with E-state index in [1.54, 1.807) is 6.92 Å². The van der Waals surface area contributed by atoms with E-state index in [4.69, 9.17) is 5.14 Å². The summed E-state index contributed by atoms with van der Waals surface area (Å²) in [5, 5.41) is 4.70. The van der Waals surface area contributed by atoms with E-state index >= 15 is 0 Å². The van der Waals surface area contributed by atoms with E-state index < -0.39 is 10.0 Å². The van der Waals surface area contributed by atoms with E-state index in [9.17, 15) is 8.42 Å². The smallest absolute Gasteiger partial charge is 0.211 e. The first-order valence-corrected chi connectivity index (χ1v) is 4.20. The van der Waals surface area contributed by atoms with Crippen molar-refractivity contribution < 1.29 is 13.2 Å². The molecule has 0 saturated heterocycles. The molecule has 9 heavy (non-hydrogen) atoms. The molecular weight excluding hydrogens is 142 g/mol. The maximum absolute atomic E-state index is 10.3. The molecule has 0 rings (SSSR count). The Morgan fingerprint density at radius 3 is 2.22 bits per heavy atom. The van der Waals surface area contributed by atoms with Crippen LogP contribution in [0.5, 0.6) is 0 Å². The van der Waals surface area contributed by atoms with Crippen LogP contribution in [0, 0.1) is 0 Å². The molecule has 0 radical (unpaired) electrons. The van der Waals surface area contributed by atoms with Crippen molar-refractivity contribution in [1.29, 1.82) is 0 Å². The second kappa shape index (κ2) is 3.14. The summed E-state index contributed by atoms with van der Waals surface area (Å²) in [4.78, 5) is 0. The molecule has 2 N–H and O–H groups in total. The highest BCUT2D eigenvalue weighted by molar-refractivity contribution is 7.89. The number of sulfonamides is 1. The average Bonchev–Trinajstić information content (AvgIpc) is 1.62. The van der Waals surface area contributed by atoms with Crippen LogP contribution in [0.2, 0.25) is 0 Å². The first-order chi connectivity index (χ1) is 3.95. The van der Waals surface area contributed by atoms with Gasteiger partial charge in [0.25, 0.3) is 0 Å². The zero-order chi connectivity index (χ0) is 7.49. The number of hydrogen-bond donors (Lipinski definition) is 1. The molecule has 0 aliphatic rings. The fourth-order valence-corrected chi connectivity index (χ4v) is 1.19. The van der Waals surface area contributed by atoms with Gasteiger partial charge < -0.3 is 4.74 Å². The predicted molar refractivity (Wildman–Crippen MR) is 34.4 cm³/mol. The van der Waals surface area contributed by atoms with Gasteiger partial charge in [-0.2, -0.15) is 0 Å². The summed E-state index contributed by atoms with van der Waals surface area (Å²) in [6.45, 7) is 1.64. The lowest BCUT2D eigenvalue weighted by Gasteiger charge is -2.05. The van der Waals surface area contributed by atoms with E-state index in [0.717, 1.165) is 0 Å². The lowest BCUT2D eigenvalue weighted by atomic mass is 10.5. The number of hydrogen-bond acceptors (Lipinski definition) is 3. The van der Waals surface area contributed by atoms with Gasteiger partial charge >= 0.3 is 0 Å². The summed E-state index contributed by atoms with van der Waals surface area (Å²) in [6, 6.07) is 0. The zero-order valence-electron chi connectivity index (χ0n) is 5.49. The van der Waals surface area contributed by atoms with Gasteiger partial charge in [0.1, 0.15) is 0 Å². The molecule has 56 valence electrons. The van der Waals surface area contributed by atoms with E-state index in [0.29, 0.717) is 0 Å². The van der Waals surface area contributed by atoms with Crippen molar-refractivity contribution in [2.45, 2.75) is 13.0 Å².